The number of fused-ring (bicyclic) bond motifs is 2. The van der Waals surface area contributed by atoms with E-state index in [1.54, 1.807) is 6.92 Å². The van der Waals surface area contributed by atoms with Crippen LogP contribution in [0.5, 0.6) is 0 Å². The number of carbonyl (C=O) groups is 2. The van der Waals surface area contributed by atoms with Crippen molar-refractivity contribution in [3.8, 4) is 0 Å². The molecule has 0 saturated heterocycles. The van der Waals surface area contributed by atoms with Crippen LogP contribution in [0.3, 0.4) is 0 Å². The summed E-state index contributed by atoms with van der Waals surface area (Å²) in [5.74, 6) is 0.449. The van der Waals surface area contributed by atoms with E-state index in [4.69, 9.17) is 4.74 Å². The number of rotatable bonds is 2. The number of hydrogen-bond donors (Lipinski definition) is 0. The quantitative estimate of drug-likeness (QED) is 0.676. The summed E-state index contributed by atoms with van der Waals surface area (Å²) in [7, 11) is 0. The molecule has 0 unspecified atom stereocenters. The van der Waals surface area contributed by atoms with Crippen molar-refractivity contribution in [1.29, 1.82) is 0 Å². The fraction of sp³-hybridized carbons (Fsp3) is 0.846. The number of esters is 1. The monoisotopic (exact) mass is 224 g/mol. The second-order valence-corrected chi connectivity index (χ2v) is 5.82. The van der Waals surface area contributed by atoms with Gasteiger partial charge < -0.3 is 4.74 Å². The van der Waals surface area contributed by atoms with E-state index < -0.39 is 5.41 Å². The standard InChI is InChI=1S/C13H20O3/c1-5-11(15)16-10-7-8-6-9(14)13(10,4)12(8,2)3/h8,10H,5-7H2,1-4H3/t8-,10-,13+/m0/s1. The largest absolute Gasteiger partial charge is 0.461 e. The summed E-state index contributed by atoms with van der Waals surface area (Å²) in [5, 5.41) is 0. The van der Waals surface area contributed by atoms with E-state index in [-0.39, 0.29) is 23.3 Å². The van der Waals surface area contributed by atoms with Crippen molar-refractivity contribution >= 4 is 11.8 Å². The van der Waals surface area contributed by atoms with Gasteiger partial charge in [-0.25, -0.2) is 0 Å². The second-order valence-electron chi connectivity index (χ2n) is 5.82. The smallest absolute Gasteiger partial charge is 0.305 e. The zero-order valence-corrected chi connectivity index (χ0v) is 10.5. The summed E-state index contributed by atoms with van der Waals surface area (Å²) in [6.07, 6.45) is 1.68. The fourth-order valence-corrected chi connectivity index (χ4v) is 3.35. The lowest BCUT2D eigenvalue weighted by molar-refractivity contribution is -0.160. The molecule has 90 valence electrons. The third kappa shape index (κ3) is 1.20. The van der Waals surface area contributed by atoms with Gasteiger partial charge in [-0.05, 0) is 24.7 Å². The van der Waals surface area contributed by atoms with Gasteiger partial charge in [0.25, 0.3) is 0 Å². The van der Waals surface area contributed by atoms with Gasteiger partial charge in [0.15, 0.2) is 0 Å². The van der Waals surface area contributed by atoms with Gasteiger partial charge in [-0.3, -0.25) is 9.59 Å². The van der Waals surface area contributed by atoms with Crippen LogP contribution in [0.25, 0.3) is 0 Å². The van der Waals surface area contributed by atoms with E-state index in [1.165, 1.54) is 0 Å². The molecule has 3 nitrogen and oxygen atoms in total. The molecular weight excluding hydrogens is 204 g/mol. The molecular formula is C13H20O3. The first-order chi connectivity index (χ1) is 7.34. The lowest BCUT2D eigenvalue weighted by Gasteiger charge is -2.36. The summed E-state index contributed by atoms with van der Waals surface area (Å²) in [6.45, 7) is 8.01. The molecule has 0 amide bonds. The van der Waals surface area contributed by atoms with Crippen molar-refractivity contribution in [2.24, 2.45) is 16.7 Å². The highest BCUT2D eigenvalue weighted by molar-refractivity contribution is 5.90. The van der Waals surface area contributed by atoms with Crippen molar-refractivity contribution in [2.45, 2.75) is 53.1 Å². The molecule has 16 heavy (non-hydrogen) atoms. The van der Waals surface area contributed by atoms with Crippen LogP contribution in [0.4, 0.5) is 0 Å². The average Bonchev–Trinajstić information content (AvgIpc) is 2.49. The molecule has 0 spiro atoms. The van der Waals surface area contributed by atoms with Gasteiger partial charge in [0, 0.05) is 12.8 Å². The van der Waals surface area contributed by atoms with Gasteiger partial charge >= 0.3 is 5.97 Å². The molecule has 2 bridgehead atoms. The Bertz CT molecular complexity index is 345. The van der Waals surface area contributed by atoms with Crippen molar-refractivity contribution in [3.05, 3.63) is 0 Å². The Labute approximate surface area is 96.5 Å². The van der Waals surface area contributed by atoms with Gasteiger partial charge in [0.2, 0.25) is 0 Å². The normalized spacial score (nSPS) is 40.1. The highest BCUT2D eigenvalue weighted by Gasteiger charge is 2.67. The van der Waals surface area contributed by atoms with Crippen LogP contribution in [0.2, 0.25) is 0 Å². The molecule has 0 aliphatic heterocycles. The minimum atomic E-state index is -0.470. The molecule has 0 N–H and O–H groups in total. The summed E-state index contributed by atoms with van der Waals surface area (Å²) >= 11 is 0. The number of Topliss-reactive ketones (excluding diaryl/α,β-unsaturated/α-hetero) is 1. The summed E-state index contributed by atoms with van der Waals surface area (Å²) in [6, 6.07) is 0. The lowest BCUT2D eigenvalue weighted by atomic mass is 9.69. The molecule has 2 saturated carbocycles. The maximum Gasteiger partial charge on any atom is 0.305 e. The Kier molecular flexibility index (Phi) is 2.41. The van der Waals surface area contributed by atoms with Crippen molar-refractivity contribution in [1.82, 2.24) is 0 Å². The number of hydrogen-bond acceptors (Lipinski definition) is 3. The summed E-state index contributed by atoms with van der Waals surface area (Å²) in [4.78, 5) is 23.4. The molecule has 0 aromatic rings. The molecule has 2 aliphatic rings. The van der Waals surface area contributed by atoms with Crippen molar-refractivity contribution in [2.75, 3.05) is 0 Å². The Morgan fingerprint density at radius 3 is 2.50 bits per heavy atom. The van der Waals surface area contributed by atoms with Crippen LogP contribution in [-0.4, -0.2) is 17.9 Å². The fourth-order valence-electron chi connectivity index (χ4n) is 3.35. The first-order valence-electron chi connectivity index (χ1n) is 6.06. The molecule has 0 heterocycles. The number of carbonyl (C=O) groups excluding carboxylic acids is 2. The predicted octanol–water partition coefficient (Wildman–Crippen LogP) is 2.33. The zero-order chi connectivity index (χ0) is 12.1. The topological polar surface area (TPSA) is 43.4 Å². The van der Waals surface area contributed by atoms with E-state index in [9.17, 15) is 9.59 Å². The Morgan fingerprint density at radius 1 is 1.44 bits per heavy atom. The average molecular weight is 224 g/mol. The molecule has 0 aromatic carbocycles. The summed E-state index contributed by atoms with van der Waals surface area (Å²) in [5.41, 5.74) is -0.509. The molecule has 2 aliphatic carbocycles. The molecule has 3 heteroatoms. The Morgan fingerprint density at radius 2 is 2.06 bits per heavy atom. The van der Waals surface area contributed by atoms with E-state index in [0.717, 1.165) is 6.42 Å². The SMILES string of the molecule is CCC(=O)O[C@H]1C[C@@H]2CC(=O)[C@@]1(C)C2(C)C. The van der Waals surface area contributed by atoms with Gasteiger partial charge in [-0.2, -0.15) is 0 Å². The van der Waals surface area contributed by atoms with Crippen LogP contribution in [0.1, 0.15) is 47.0 Å². The minimum absolute atomic E-state index is 0.0389. The van der Waals surface area contributed by atoms with Gasteiger partial charge in [-0.1, -0.05) is 20.8 Å². The molecule has 2 fully saturated rings. The molecule has 2 rings (SSSR count). The van der Waals surface area contributed by atoms with Crippen LogP contribution < -0.4 is 0 Å². The molecule has 0 radical (unpaired) electrons. The lowest BCUT2D eigenvalue weighted by Crippen LogP contribution is -2.43. The zero-order valence-electron chi connectivity index (χ0n) is 10.5. The van der Waals surface area contributed by atoms with Crippen LogP contribution in [-0.2, 0) is 14.3 Å². The Hall–Kier alpha value is -0.860. The summed E-state index contributed by atoms with van der Waals surface area (Å²) < 4.78 is 5.44. The third-order valence-corrected chi connectivity index (χ3v) is 5.08. The van der Waals surface area contributed by atoms with Crippen LogP contribution in [0, 0.1) is 16.7 Å². The minimum Gasteiger partial charge on any atom is -0.461 e. The van der Waals surface area contributed by atoms with Crippen LogP contribution in [0.15, 0.2) is 0 Å². The van der Waals surface area contributed by atoms with E-state index in [0.29, 0.717) is 18.8 Å². The van der Waals surface area contributed by atoms with Crippen molar-refractivity contribution in [3.63, 3.8) is 0 Å². The second kappa shape index (κ2) is 3.31. The van der Waals surface area contributed by atoms with E-state index in [1.807, 2.05) is 6.92 Å². The maximum absolute atomic E-state index is 12.1. The first-order valence-corrected chi connectivity index (χ1v) is 6.06. The van der Waals surface area contributed by atoms with E-state index >= 15 is 0 Å². The number of ether oxygens (including phenoxy) is 1. The van der Waals surface area contributed by atoms with Gasteiger partial charge in [0.05, 0.1) is 5.41 Å². The van der Waals surface area contributed by atoms with Crippen molar-refractivity contribution < 1.29 is 14.3 Å². The highest BCUT2D eigenvalue weighted by Crippen LogP contribution is 2.64. The van der Waals surface area contributed by atoms with Gasteiger partial charge in [0.1, 0.15) is 11.9 Å². The molecule has 0 aromatic heterocycles. The van der Waals surface area contributed by atoms with E-state index in [2.05, 4.69) is 13.8 Å². The van der Waals surface area contributed by atoms with Crippen LogP contribution >= 0.6 is 0 Å². The third-order valence-electron chi connectivity index (χ3n) is 5.08. The van der Waals surface area contributed by atoms with Gasteiger partial charge in [-0.15, -0.1) is 0 Å². The highest BCUT2D eigenvalue weighted by atomic mass is 16.5. The Balaban J connectivity index is 2.26. The maximum atomic E-state index is 12.1. The first kappa shape index (κ1) is 11.6. The number of ketones is 1. The molecule has 3 atom stereocenters. The predicted molar refractivity (Wildman–Crippen MR) is 59.8 cm³/mol.